The van der Waals surface area contributed by atoms with E-state index in [1.165, 1.54) is 0 Å². The Morgan fingerprint density at radius 1 is 1.24 bits per heavy atom. The number of piperidine rings is 1. The van der Waals surface area contributed by atoms with Crippen molar-refractivity contribution in [2.75, 3.05) is 13.1 Å². The Morgan fingerprint density at radius 2 is 1.71 bits per heavy atom. The molecule has 1 rings (SSSR count). The molecule has 1 aliphatic heterocycles. The molecular weight excluding hydrogens is 214 g/mol. The van der Waals surface area contributed by atoms with Gasteiger partial charge in [0.15, 0.2) is 0 Å². The number of carbonyl (C=O) groups is 1. The Labute approximate surface area is 106 Å². The van der Waals surface area contributed by atoms with Gasteiger partial charge in [0.25, 0.3) is 0 Å². The van der Waals surface area contributed by atoms with Crippen LogP contribution in [-0.4, -0.2) is 35.6 Å². The van der Waals surface area contributed by atoms with Crippen molar-refractivity contribution in [2.24, 2.45) is 5.41 Å². The van der Waals surface area contributed by atoms with Gasteiger partial charge < -0.3 is 4.74 Å². The summed E-state index contributed by atoms with van der Waals surface area (Å²) in [6, 6.07) is -0.120. The van der Waals surface area contributed by atoms with Gasteiger partial charge in [-0.2, -0.15) is 0 Å². The molecule has 0 bridgehead atoms. The third-order valence-electron chi connectivity index (χ3n) is 3.45. The van der Waals surface area contributed by atoms with Crippen molar-refractivity contribution in [1.82, 2.24) is 4.90 Å². The van der Waals surface area contributed by atoms with Gasteiger partial charge in [0.05, 0.1) is 0 Å². The van der Waals surface area contributed by atoms with Gasteiger partial charge in [-0.1, -0.05) is 13.8 Å². The van der Waals surface area contributed by atoms with Crippen LogP contribution in [-0.2, 0) is 9.53 Å². The number of carbonyl (C=O) groups excluding carboxylic acids is 1. The predicted molar refractivity (Wildman–Crippen MR) is 69.9 cm³/mol. The molecule has 0 aromatic heterocycles. The number of nitrogens with zero attached hydrogens (tertiary/aromatic N) is 1. The lowest BCUT2D eigenvalue weighted by molar-refractivity contribution is -0.161. The number of hydrogen-bond acceptors (Lipinski definition) is 3. The van der Waals surface area contributed by atoms with Crippen LogP contribution in [0.5, 0.6) is 0 Å². The van der Waals surface area contributed by atoms with Crippen molar-refractivity contribution in [3.8, 4) is 0 Å². The molecule has 3 heteroatoms. The number of esters is 1. The van der Waals surface area contributed by atoms with Crippen LogP contribution >= 0.6 is 0 Å². The molecule has 0 saturated carbocycles. The molecule has 1 atom stereocenters. The first kappa shape index (κ1) is 14.5. The average molecular weight is 241 g/mol. The first-order valence-corrected chi connectivity index (χ1v) is 6.58. The van der Waals surface area contributed by atoms with E-state index in [2.05, 4.69) is 18.7 Å². The van der Waals surface area contributed by atoms with E-state index in [-0.39, 0.29) is 17.6 Å². The monoisotopic (exact) mass is 241 g/mol. The average Bonchev–Trinajstić information content (AvgIpc) is 2.14. The summed E-state index contributed by atoms with van der Waals surface area (Å²) in [6.07, 6.45) is 2.31. The molecule has 1 fully saturated rings. The van der Waals surface area contributed by atoms with Crippen LogP contribution in [0.1, 0.15) is 54.4 Å². The Bertz CT molecular complexity index is 268. The molecule has 0 amide bonds. The van der Waals surface area contributed by atoms with Crippen LogP contribution in [0.25, 0.3) is 0 Å². The second-order valence-electron chi connectivity index (χ2n) is 6.91. The molecule has 100 valence electrons. The van der Waals surface area contributed by atoms with E-state index in [4.69, 9.17) is 4.74 Å². The number of hydrogen-bond donors (Lipinski definition) is 0. The summed E-state index contributed by atoms with van der Waals surface area (Å²) >= 11 is 0. The molecule has 17 heavy (non-hydrogen) atoms. The molecule has 1 aliphatic rings. The number of ether oxygens (including phenoxy) is 1. The van der Waals surface area contributed by atoms with Crippen LogP contribution in [0.15, 0.2) is 0 Å². The number of likely N-dealkylation sites (tertiary alicyclic amines) is 1. The van der Waals surface area contributed by atoms with Gasteiger partial charge in [0, 0.05) is 0 Å². The van der Waals surface area contributed by atoms with E-state index >= 15 is 0 Å². The normalized spacial score (nSPS) is 23.2. The summed E-state index contributed by atoms with van der Waals surface area (Å²) in [6.45, 7) is 14.3. The Balaban J connectivity index is 2.49. The van der Waals surface area contributed by atoms with Gasteiger partial charge in [0.1, 0.15) is 11.6 Å². The van der Waals surface area contributed by atoms with Crippen molar-refractivity contribution < 1.29 is 9.53 Å². The molecule has 1 unspecified atom stereocenters. The van der Waals surface area contributed by atoms with Crippen LogP contribution in [0, 0.1) is 5.41 Å². The van der Waals surface area contributed by atoms with Crippen molar-refractivity contribution in [3.63, 3.8) is 0 Å². The molecule has 0 aliphatic carbocycles. The van der Waals surface area contributed by atoms with Crippen molar-refractivity contribution >= 4 is 5.97 Å². The van der Waals surface area contributed by atoms with Gasteiger partial charge in [0.2, 0.25) is 0 Å². The summed E-state index contributed by atoms with van der Waals surface area (Å²) < 4.78 is 5.42. The van der Waals surface area contributed by atoms with Crippen LogP contribution in [0.4, 0.5) is 0 Å². The second-order valence-corrected chi connectivity index (χ2v) is 6.91. The first-order valence-electron chi connectivity index (χ1n) is 6.58. The van der Waals surface area contributed by atoms with Gasteiger partial charge in [-0.15, -0.1) is 0 Å². The van der Waals surface area contributed by atoms with E-state index in [9.17, 15) is 4.79 Å². The quantitative estimate of drug-likeness (QED) is 0.696. The van der Waals surface area contributed by atoms with Crippen LogP contribution < -0.4 is 0 Å². The molecule has 1 saturated heterocycles. The lowest BCUT2D eigenvalue weighted by atomic mass is 9.82. The highest BCUT2D eigenvalue weighted by atomic mass is 16.6. The first-order chi connectivity index (χ1) is 7.61. The molecule has 0 aromatic rings. The smallest absolute Gasteiger partial charge is 0.323 e. The highest BCUT2D eigenvalue weighted by Crippen LogP contribution is 2.30. The molecule has 3 nitrogen and oxygen atoms in total. The standard InChI is InChI=1S/C14H27NO2/c1-11(12(16)17-13(2,3)4)15-9-7-14(5,6)8-10-15/h11H,7-10H2,1-6H3. The summed E-state index contributed by atoms with van der Waals surface area (Å²) in [5, 5.41) is 0. The highest BCUT2D eigenvalue weighted by molar-refractivity contribution is 5.75. The minimum absolute atomic E-state index is 0.0998. The minimum Gasteiger partial charge on any atom is -0.459 e. The predicted octanol–water partition coefficient (Wildman–Crippen LogP) is 2.84. The summed E-state index contributed by atoms with van der Waals surface area (Å²) in [5.74, 6) is -0.0998. The maximum absolute atomic E-state index is 12.0. The molecule has 0 spiro atoms. The zero-order valence-electron chi connectivity index (χ0n) is 12.2. The summed E-state index contributed by atoms with van der Waals surface area (Å²) in [4.78, 5) is 14.2. The fourth-order valence-corrected chi connectivity index (χ4v) is 2.05. The largest absolute Gasteiger partial charge is 0.459 e. The van der Waals surface area contributed by atoms with E-state index in [0.717, 1.165) is 25.9 Å². The fourth-order valence-electron chi connectivity index (χ4n) is 2.05. The molecule has 0 aromatic carbocycles. The summed E-state index contributed by atoms with van der Waals surface area (Å²) in [5.41, 5.74) is 0.0323. The minimum atomic E-state index is -0.388. The molecule has 0 radical (unpaired) electrons. The van der Waals surface area contributed by atoms with Gasteiger partial charge >= 0.3 is 5.97 Å². The topological polar surface area (TPSA) is 29.5 Å². The maximum Gasteiger partial charge on any atom is 0.323 e. The Kier molecular flexibility index (Phi) is 4.23. The Morgan fingerprint density at radius 3 is 2.12 bits per heavy atom. The third kappa shape index (κ3) is 4.66. The molecule has 1 heterocycles. The maximum atomic E-state index is 12.0. The highest BCUT2D eigenvalue weighted by Gasteiger charge is 2.32. The van der Waals surface area contributed by atoms with Crippen molar-refractivity contribution in [1.29, 1.82) is 0 Å². The fraction of sp³-hybridized carbons (Fsp3) is 0.929. The van der Waals surface area contributed by atoms with Gasteiger partial charge in [-0.05, 0) is 59.0 Å². The Hall–Kier alpha value is -0.570. The van der Waals surface area contributed by atoms with Crippen molar-refractivity contribution in [3.05, 3.63) is 0 Å². The van der Waals surface area contributed by atoms with E-state index < -0.39 is 0 Å². The SMILES string of the molecule is CC(C(=O)OC(C)(C)C)N1CCC(C)(C)CC1. The zero-order chi connectivity index (χ0) is 13.3. The molecule has 0 N–H and O–H groups in total. The van der Waals surface area contributed by atoms with E-state index in [1.807, 2.05) is 27.7 Å². The lowest BCUT2D eigenvalue weighted by Crippen LogP contribution is -2.47. The zero-order valence-corrected chi connectivity index (χ0v) is 12.2. The van der Waals surface area contributed by atoms with Crippen molar-refractivity contribution in [2.45, 2.75) is 66.0 Å². The third-order valence-corrected chi connectivity index (χ3v) is 3.45. The lowest BCUT2D eigenvalue weighted by Gasteiger charge is -2.39. The van der Waals surface area contributed by atoms with Crippen LogP contribution in [0.2, 0.25) is 0 Å². The summed E-state index contributed by atoms with van der Waals surface area (Å²) in [7, 11) is 0. The van der Waals surface area contributed by atoms with E-state index in [0.29, 0.717) is 5.41 Å². The van der Waals surface area contributed by atoms with Gasteiger partial charge in [-0.3, -0.25) is 9.69 Å². The molecular formula is C14H27NO2. The second kappa shape index (κ2) is 4.97. The number of rotatable bonds is 2. The van der Waals surface area contributed by atoms with Crippen LogP contribution in [0.3, 0.4) is 0 Å². The van der Waals surface area contributed by atoms with E-state index in [1.54, 1.807) is 0 Å². The van der Waals surface area contributed by atoms with Gasteiger partial charge in [-0.25, -0.2) is 0 Å².